The first-order valence-corrected chi connectivity index (χ1v) is 12.1. The van der Waals surface area contributed by atoms with E-state index in [4.69, 9.17) is 19.9 Å². The summed E-state index contributed by atoms with van der Waals surface area (Å²) in [5, 5.41) is 1.74. The number of nitrogens with one attached hydrogen (secondary N) is 1. The van der Waals surface area contributed by atoms with Crippen molar-refractivity contribution in [1.29, 1.82) is 0 Å². The smallest absolute Gasteiger partial charge is 0.254 e. The SMILES string of the molecule is COc1ccc(-c2cc(CC(N)=O)c3[nH]c4cc(C(=O)N5C6COCC5COC6)ccc4c3c2)cc1F. The predicted octanol–water partition coefficient (Wildman–Crippen LogP) is 3.40. The molecule has 2 saturated heterocycles. The molecule has 190 valence electrons. The number of nitrogens with two attached hydrogens (primary N) is 1. The molecule has 8 nitrogen and oxygen atoms in total. The number of carbonyl (C=O) groups excluding carboxylic acids is 2. The molecule has 2 aliphatic rings. The van der Waals surface area contributed by atoms with Crippen LogP contribution in [0.4, 0.5) is 4.39 Å². The van der Waals surface area contributed by atoms with Crippen LogP contribution in [0.15, 0.2) is 48.5 Å². The Morgan fingerprint density at radius 1 is 1.00 bits per heavy atom. The zero-order valence-corrected chi connectivity index (χ0v) is 20.3. The third kappa shape index (κ3) is 4.10. The second kappa shape index (κ2) is 9.17. The quantitative estimate of drug-likeness (QED) is 0.434. The third-order valence-electron chi connectivity index (χ3n) is 7.15. The lowest BCUT2D eigenvalue weighted by Gasteiger charge is -2.45. The third-order valence-corrected chi connectivity index (χ3v) is 7.15. The highest BCUT2D eigenvalue weighted by molar-refractivity contribution is 6.12. The minimum absolute atomic E-state index is 0.0126. The van der Waals surface area contributed by atoms with Gasteiger partial charge in [0.15, 0.2) is 11.6 Å². The molecule has 3 aromatic carbocycles. The lowest BCUT2D eigenvalue weighted by molar-refractivity contribution is -0.119. The Labute approximate surface area is 212 Å². The number of aromatic amines is 1. The number of nitrogens with zero attached hydrogens (tertiary/aromatic N) is 1. The number of carbonyl (C=O) groups is 2. The van der Waals surface area contributed by atoms with Gasteiger partial charge in [0.1, 0.15) is 0 Å². The summed E-state index contributed by atoms with van der Waals surface area (Å²) in [5.41, 5.74) is 9.72. The number of hydrogen-bond donors (Lipinski definition) is 2. The van der Waals surface area contributed by atoms with Gasteiger partial charge in [0.2, 0.25) is 5.91 Å². The Bertz CT molecular complexity index is 1530. The Morgan fingerprint density at radius 2 is 1.73 bits per heavy atom. The number of rotatable bonds is 5. The summed E-state index contributed by atoms with van der Waals surface area (Å²) in [6, 6.07) is 13.9. The molecule has 2 amide bonds. The van der Waals surface area contributed by atoms with E-state index in [2.05, 4.69) is 4.98 Å². The summed E-state index contributed by atoms with van der Waals surface area (Å²) in [7, 11) is 1.42. The first-order valence-electron chi connectivity index (χ1n) is 12.1. The fraction of sp³-hybridized carbons (Fsp3) is 0.286. The van der Waals surface area contributed by atoms with Crippen LogP contribution in [0.1, 0.15) is 15.9 Å². The summed E-state index contributed by atoms with van der Waals surface area (Å²) in [6.07, 6.45) is 0.0126. The number of methoxy groups -OCH3 is 1. The van der Waals surface area contributed by atoms with E-state index in [1.165, 1.54) is 13.2 Å². The maximum Gasteiger partial charge on any atom is 0.254 e. The first kappa shape index (κ1) is 23.4. The number of amides is 2. The Balaban J connectivity index is 1.45. The molecule has 0 unspecified atom stereocenters. The number of halogens is 1. The van der Waals surface area contributed by atoms with E-state index in [1.807, 2.05) is 35.2 Å². The van der Waals surface area contributed by atoms with Crippen LogP contribution in [-0.2, 0) is 20.7 Å². The van der Waals surface area contributed by atoms with Crippen LogP contribution in [-0.4, -0.2) is 67.3 Å². The zero-order chi connectivity index (χ0) is 25.7. The van der Waals surface area contributed by atoms with Crippen LogP contribution < -0.4 is 10.5 Å². The van der Waals surface area contributed by atoms with Crippen molar-refractivity contribution < 1.29 is 28.2 Å². The second-order valence-electron chi connectivity index (χ2n) is 9.53. The van der Waals surface area contributed by atoms with Gasteiger partial charge >= 0.3 is 0 Å². The molecular weight excluding hydrogens is 477 g/mol. The van der Waals surface area contributed by atoms with E-state index in [0.717, 1.165) is 27.4 Å². The van der Waals surface area contributed by atoms with Gasteiger partial charge in [0.25, 0.3) is 5.91 Å². The van der Waals surface area contributed by atoms with Crippen LogP contribution >= 0.6 is 0 Å². The van der Waals surface area contributed by atoms with E-state index in [0.29, 0.717) is 43.1 Å². The van der Waals surface area contributed by atoms with Gasteiger partial charge in [0, 0.05) is 21.9 Å². The van der Waals surface area contributed by atoms with E-state index >= 15 is 0 Å². The first-order chi connectivity index (χ1) is 17.9. The maximum atomic E-state index is 14.5. The number of hydrogen-bond acceptors (Lipinski definition) is 5. The summed E-state index contributed by atoms with van der Waals surface area (Å²) >= 11 is 0. The van der Waals surface area contributed by atoms with Gasteiger partial charge in [-0.3, -0.25) is 9.59 Å². The predicted molar refractivity (Wildman–Crippen MR) is 136 cm³/mol. The molecule has 1 aromatic heterocycles. The standard InChI is InChI=1S/C28H26FN3O5/c1-35-25-5-3-15(8-23(25)29)17-6-18(10-26(30)33)27-22(7-17)21-4-2-16(9-24(21)31-27)28(34)32-19-11-36-13-20(32)14-37-12-19/h2-9,19-20,31H,10-14H2,1H3,(H2,30,33). The molecule has 0 spiro atoms. The van der Waals surface area contributed by atoms with E-state index in [-0.39, 0.29) is 30.2 Å². The lowest BCUT2D eigenvalue weighted by atomic mass is 9.97. The fourth-order valence-electron chi connectivity index (χ4n) is 5.43. The van der Waals surface area contributed by atoms with E-state index < -0.39 is 11.7 Å². The monoisotopic (exact) mass is 503 g/mol. The minimum atomic E-state index is -0.477. The van der Waals surface area contributed by atoms with Gasteiger partial charge in [0.05, 0.1) is 57.6 Å². The van der Waals surface area contributed by atoms with Crippen molar-refractivity contribution in [2.75, 3.05) is 33.5 Å². The number of H-pyrrole nitrogens is 1. The van der Waals surface area contributed by atoms with Gasteiger partial charge in [-0.05, 0) is 53.1 Å². The topological polar surface area (TPSA) is 107 Å². The van der Waals surface area contributed by atoms with Crippen molar-refractivity contribution in [2.24, 2.45) is 5.73 Å². The lowest BCUT2D eigenvalue weighted by Crippen LogP contribution is -2.61. The van der Waals surface area contributed by atoms with Crippen molar-refractivity contribution >= 4 is 33.6 Å². The molecule has 2 bridgehead atoms. The molecule has 3 N–H and O–H groups in total. The second-order valence-corrected chi connectivity index (χ2v) is 9.53. The Kier molecular flexibility index (Phi) is 5.81. The molecule has 6 rings (SSSR count). The summed E-state index contributed by atoms with van der Waals surface area (Å²) in [6.45, 7) is 1.84. The van der Waals surface area contributed by atoms with Crippen LogP contribution in [0.25, 0.3) is 32.9 Å². The molecule has 0 aliphatic carbocycles. The van der Waals surface area contributed by atoms with Crippen molar-refractivity contribution in [1.82, 2.24) is 9.88 Å². The van der Waals surface area contributed by atoms with Crippen LogP contribution in [0.3, 0.4) is 0 Å². The minimum Gasteiger partial charge on any atom is -0.494 e. The normalized spacial score (nSPS) is 19.4. The van der Waals surface area contributed by atoms with Crippen LogP contribution in [0.2, 0.25) is 0 Å². The van der Waals surface area contributed by atoms with Gasteiger partial charge in [-0.15, -0.1) is 0 Å². The van der Waals surface area contributed by atoms with Gasteiger partial charge in [-0.25, -0.2) is 4.39 Å². The largest absolute Gasteiger partial charge is 0.494 e. The zero-order valence-electron chi connectivity index (χ0n) is 20.3. The van der Waals surface area contributed by atoms with Gasteiger partial charge in [-0.1, -0.05) is 12.1 Å². The number of fused-ring (bicyclic) bond motifs is 5. The van der Waals surface area contributed by atoms with Crippen molar-refractivity contribution in [3.05, 3.63) is 65.5 Å². The fourth-order valence-corrected chi connectivity index (χ4v) is 5.43. The summed E-state index contributed by atoms with van der Waals surface area (Å²) in [5.74, 6) is -0.858. The molecule has 0 radical (unpaired) electrons. The highest BCUT2D eigenvalue weighted by Crippen LogP contribution is 2.35. The average Bonchev–Trinajstić information content (AvgIpc) is 3.25. The number of benzene rings is 3. The molecule has 2 fully saturated rings. The van der Waals surface area contributed by atoms with Gasteiger partial charge < -0.3 is 29.8 Å². The highest BCUT2D eigenvalue weighted by atomic mass is 19.1. The molecule has 3 heterocycles. The number of primary amides is 1. The van der Waals surface area contributed by atoms with Crippen molar-refractivity contribution in [3.8, 4) is 16.9 Å². The number of ether oxygens (including phenoxy) is 3. The van der Waals surface area contributed by atoms with E-state index in [9.17, 15) is 14.0 Å². The van der Waals surface area contributed by atoms with Crippen LogP contribution in [0.5, 0.6) is 5.75 Å². The number of morpholine rings is 2. The van der Waals surface area contributed by atoms with E-state index in [1.54, 1.807) is 12.1 Å². The highest BCUT2D eigenvalue weighted by Gasteiger charge is 2.39. The average molecular weight is 504 g/mol. The molecule has 0 atom stereocenters. The molecular formula is C28H26FN3O5. The Hall–Kier alpha value is -3.95. The summed E-state index contributed by atoms with van der Waals surface area (Å²) in [4.78, 5) is 30.7. The molecule has 37 heavy (non-hydrogen) atoms. The maximum absolute atomic E-state index is 14.5. The van der Waals surface area contributed by atoms with Crippen molar-refractivity contribution in [3.63, 3.8) is 0 Å². The van der Waals surface area contributed by atoms with Crippen molar-refractivity contribution in [2.45, 2.75) is 18.5 Å². The summed E-state index contributed by atoms with van der Waals surface area (Å²) < 4.78 is 30.8. The number of aromatic nitrogens is 1. The Morgan fingerprint density at radius 3 is 2.38 bits per heavy atom. The van der Waals surface area contributed by atoms with Gasteiger partial charge in [-0.2, -0.15) is 0 Å². The molecule has 4 aromatic rings. The molecule has 0 saturated carbocycles. The molecule has 9 heteroatoms. The van der Waals surface area contributed by atoms with Crippen LogP contribution in [0, 0.1) is 5.82 Å². The molecule has 2 aliphatic heterocycles.